The third-order valence-corrected chi connectivity index (χ3v) is 5.58. The van der Waals surface area contributed by atoms with E-state index in [0.717, 1.165) is 50.9 Å². The molecule has 1 saturated heterocycles. The van der Waals surface area contributed by atoms with Crippen LogP contribution in [0.3, 0.4) is 0 Å². The van der Waals surface area contributed by atoms with Crippen LogP contribution in [0.2, 0.25) is 0 Å². The maximum Gasteiger partial charge on any atom is 0.193 e. The molecule has 4 rings (SSSR count). The Morgan fingerprint density at radius 2 is 1.80 bits per heavy atom. The zero-order valence-corrected chi connectivity index (χ0v) is 19.9. The summed E-state index contributed by atoms with van der Waals surface area (Å²) in [5.74, 6) is 1.88. The number of guanidine groups is 1. The standard InChI is InChI=1S/C23H29N5O.HI/c1-24-23(25-12-11-18-17-26-22-6-4-3-5-21(18)22)28-15-13-27(14-16-28)19-7-9-20(29-2)10-8-19;/h3-10,17,26H,11-16H2,1-2H3,(H,24,25);1H. The third kappa shape index (κ3) is 5.00. The number of hydrogen-bond donors (Lipinski definition) is 2. The van der Waals surface area contributed by atoms with Gasteiger partial charge in [0.15, 0.2) is 5.96 Å². The van der Waals surface area contributed by atoms with Crippen molar-refractivity contribution < 1.29 is 4.74 Å². The molecular weight excluding hydrogens is 489 g/mol. The first-order chi connectivity index (χ1) is 14.3. The Morgan fingerprint density at radius 1 is 1.07 bits per heavy atom. The summed E-state index contributed by atoms with van der Waals surface area (Å²) in [6.45, 7) is 4.75. The van der Waals surface area contributed by atoms with Crippen LogP contribution in [0, 0.1) is 0 Å². The minimum absolute atomic E-state index is 0. The highest BCUT2D eigenvalue weighted by molar-refractivity contribution is 14.0. The molecule has 30 heavy (non-hydrogen) atoms. The van der Waals surface area contributed by atoms with E-state index in [-0.39, 0.29) is 24.0 Å². The van der Waals surface area contributed by atoms with Crippen molar-refractivity contribution in [1.29, 1.82) is 0 Å². The van der Waals surface area contributed by atoms with Gasteiger partial charge in [0, 0.05) is 62.6 Å². The van der Waals surface area contributed by atoms with Crippen LogP contribution in [-0.2, 0) is 6.42 Å². The molecule has 0 spiro atoms. The highest BCUT2D eigenvalue weighted by atomic mass is 127. The van der Waals surface area contributed by atoms with Gasteiger partial charge < -0.3 is 24.8 Å². The molecule has 0 bridgehead atoms. The molecule has 0 aliphatic carbocycles. The molecule has 3 aromatic rings. The van der Waals surface area contributed by atoms with E-state index in [9.17, 15) is 0 Å². The summed E-state index contributed by atoms with van der Waals surface area (Å²) < 4.78 is 5.25. The fourth-order valence-corrected chi connectivity index (χ4v) is 3.95. The molecule has 160 valence electrons. The van der Waals surface area contributed by atoms with E-state index in [1.54, 1.807) is 7.11 Å². The lowest BCUT2D eigenvalue weighted by Crippen LogP contribution is -2.52. The fraction of sp³-hybridized carbons (Fsp3) is 0.348. The summed E-state index contributed by atoms with van der Waals surface area (Å²) in [5, 5.41) is 4.84. The second-order valence-electron chi connectivity index (χ2n) is 7.26. The van der Waals surface area contributed by atoms with Crippen molar-refractivity contribution in [3.63, 3.8) is 0 Å². The van der Waals surface area contributed by atoms with E-state index in [1.807, 2.05) is 19.2 Å². The van der Waals surface area contributed by atoms with E-state index in [2.05, 4.69) is 67.7 Å². The normalized spacial score (nSPS) is 14.5. The number of rotatable bonds is 5. The third-order valence-electron chi connectivity index (χ3n) is 5.58. The predicted octanol–water partition coefficient (Wildman–Crippen LogP) is 3.73. The Labute approximate surface area is 195 Å². The summed E-state index contributed by atoms with van der Waals surface area (Å²) in [6.07, 6.45) is 3.08. The Bertz CT molecular complexity index is 961. The number of nitrogens with one attached hydrogen (secondary N) is 2. The molecule has 1 aliphatic rings. The molecule has 2 heterocycles. The average Bonchev–Trinajstić information content (AvgIpc) is 3.20. The van der Waals surface area contributed by atoms with E-state index >= 15 is 0 Å². The summed E-state index contributed by atoms with van der Waals surface area (Å²) in [5.41, 5.74) is 3.78. The largest absolute Gasteiger partial charge is 0.497 e. The van der Waals surface area contributed by atoms with Crippen LogP contribution < -0.4 is 15.0 Å². The maximum absolute atomic E-state index is 5.25. The number of ether oxygens (including phenoxy) is 1. The number of H-pyrrole nitrogens is 1. The van der Waals surface area contributed by atoms with Gasteiger partial charge in [-0.3, -0.25) is 4.99 Å². The molecule has 0 radical (unpaired) electrons. The van der Waals surface area contributed by atoms with Gasteiger partial charge in [-0.1, -0.05) is 18.2 Å². The van der Waals surface area contributed by atoms with Crippen molar-refractivity contribution in [2.24, 2.45) is 4.99 Å². The number of hydrogen-bond acceptors (Lipinski definition) is 3. The quantitative estimate of drug-likeness (QED) is 0.307. The topological polar surface area (TPSA) is 55.9 Å². The number of fused-ring (bicyclic) bond motifs is 1. The Hall–Kier alpha value is -2.42. The molecule has 0 saturated carbocycles. The second-order valence-corrected chi connectivity index (χ2v) is 7.26. The fourth-order valence-electron chi connectivity index (χ4n) is 3.95. The molecule has 2 N–H and O–H groups in total. The van der Waals surface area contributed by atoms with Gasteiger partial charge >= 0.3 is 0 Å². The molecule has 2 aromatic carbocycles. The summed E-state index contributed by atoms with van der Waals surface area (Å²) in [7, 11) is 3.56. The number of methoxy groups -OCH3 is 1. The summed E-state index contributed by atoms with van der Waals surface area (Å²) in [6, 6.07) is 16.7. The first-order valence-corrected chi connectivity index (χ1v) is 10.2. The molecule has 0 atom stereocenters. The molecule has 7 heteroatoms. The number of anilines is 1. The Kier molecular flexibility index (Phi) is 7.84. The molecule has 0 amide bonds. The number of nitrogens with zero attached hydrogens (tertiary/aromatic N) is 3. The van der Waals surface area contributed by atoms with Crippen LogP contribution in [0.4, 0.5) is 5.69 Å². The van der Waals surface area contributed by atoms with Crippen molar-refractivity contribution in [3.8, 4) is 5.75 Å². The van der Waals surface area contributed by atoms with Crippen LogP contribution in [0.25, 0.3) is 10.9 Å². The van der Waals surface area contributed by atoms with Gasteiger partial charge in [0.25, 0.3) is 0 Å². The first-order valence-electron chi connectivity index (χ1n) is 10.2. The van der Waals surface area contributed by atoms with E-state index in [0.29, 0.717) is 0 Å². The molecule has 0 unspecified atom stereocenters. The second kappa shape index (κ2) is 10.6. The highest BCUT2D eigenvalue weighted by Crippen LogP contribution is 2.21. The lowest BCUT2D eigenvalue weighted by Gasteiger charge is -2.37. The molecule has 1 aromatic heterocycles. The molecular formula is C23H30IN5O. The van der Waals surface area contributed by atoms with E-state index < -0.39 is 0 Å². The minimum atomic E-state index is 0. The predicted molar refractivity (Wildman–Crippen MR) is 136 cm³/mol. The molecule has 6 nitrogen and oxygen atoms in total. The van der Waals surface area contributed by atoms with Crippen molar-refractivity contribution in [2.75, 3.05) is 51.8 Å². The van der Waals surface area contributed by atoms with Crippen LogP contribution in [0.15, 0.2) is 59.7 Å². The zero-order valence-electron chi connectivity index (χ0n) is 17.6. The number of benzene rings is 2. The minimum Gasteiger partial charge on any atom is -0.497 e. The van der Waals surface area contributed by atoms with Gasteiger partial charge in [-0.25, -0.2) is 0 Å². The molecule has 1 fully saturated rings. The Morgan fingerprint density at radius 3 is 2.50 bits per heavy atom. The van der Waals surface area contributed by atoms with Crippen molar-refractivity contribution in [1.82, 2.24) is 15.2 Å². The number of halogens is 1. The number of aliphatic imine (C=N–C) groups is 1. The number of aromatic nitrogens is 1. The van der Waals surface area contributed by atoms with Gasteiger partial charge in [-0.15, -0.1) is 24.0 Å². The Balaban J connectivity index is 0.00000256. The number of piperazine rings is 1. The van der Waals surface area contributed by atoms with Crippen molar-refractivity contribution in [3.05, 3.63) is 60.3 Å². The van der Waals surface area contributed by atoms with Crippen LogP contribution in [0.5, 0.6) is 5.75 Å². The van der Waals surface area contributed by atoms with Gasteiger partial charge in [0.1, 0.15) is 5.75 Å². The number of para-hydroxylation sites is 1. The smallest absolute Gasteiger partial charge is 0.193 e. The highest BCUT2D eigenvalue weighted by Gasteiger charge is 2.19. The average molecular weight is 519 g/mol. The van der Waals surface area contributed by atoms with Crippen LogP contribution >= 0.6 is 24.0 Å². The van der Waals surface area contributed by atoms with Gasteiger partial charge in [-0.05, 0) is 42.3 Å². The van der Waals surface area contributed by atoms with Crippen molar-refractivity contribution >= 4 is 46.5 Å². The molecule has 1 aliphatic heterocycles. The SMILES string of the molecule is CN=C(NCCc1c[nH]c2ccccc12)N1CCN(c2ccc(OC)cc2)CC1.I. The maximum atomic E-state index is 5.25. The van der Waals surface area contributed by atoms with Crippen LogP contribution in [-0.4, -0.2) is 62.7 Å². The van der Waals surface area contributed by atoms with Crippen LogP contribution in [0.1, 0.15) is 5.56 Å². The lowest BCUT2D eigenvalue weighted by molar-refractivity contribution is 0.373. The van der Waals surface area contributed by atoms with Gasteiger partial charge in [-0.2, -0.15) is 0 Å². The van der Waals surface area contributed by atoms with E-state index in [4.69, 9.17) is 4.74 Å². The zero-order chi connectivity index (χ0) is 20.1. The lowest BCUT2D eigenvalue weighted by atomic mass is 10.1. The first kappa shape index (κ1) is 22.3. The van der Waals surface area contributed by atoms with Crippen molar-refractivity contribution in [2.45, 2.75) is 6.42 Å². The number of aromatic amines is 1. The van der Waals surface area contributed by atoms with Gasteiger partial charge in [0.2, 0.25) is 0 Å². The summed E-state index contributed by atoms with van der Waals surface area (Å²) >= 11 is 0. The monoisotopic (exact) mass is 519 g/mol. The van der Waals surface area contributed by atoms with Gasteiger partial charge in [0.05, 0.1) is 7.11 Å². The van der Waals surface area contributed by atoms with E-state index in [1.165, 1.54) is 22.2 Å². The summed E-state index contributed by atoms with van der Waals surface area (Å²) in [4.78, 5) is 12.6.